The van der Waals surface area contributed by atoms with Crippen LogP contribution in [0.1, 0.15) is 56.2 Å². The summed E-state index contributed by atoms with van der Waals surface area (Å²) in [5.41, 5.74) is 2.02. The Bertz CT molecular complexity index is 2230. The second kappa shape index (κ2) is 24.6. The summed E-state index contributed by atoms with van der Waals surface area (Å²) in [6.45, 7) is 5.61. The molecule has 5 rings (SSSR count). The Hall–Kier alpha value is -6.39. The number of aromatic hydroxyl groups is 1. The van der Waals surface area contributed by atoms with Gasteiger partial charge in [-0.3, -0.25) is 28.8 Å². The number of carbonyl (C=O) groups is 6. The summed E-state index contributed by atoms with van der Waals surface area (Å²) in [6, 6.07) is 20.0. The molecule has 1 aliphatic heterocycles. The number of benzene rings is 4. The first-order chi connectivity index (χ1) is 31.2. The minimum absolute atomic E-state index is 0.0180. The average Bonchev–Trinajstić information content (AvgIpc) is 3.82. The number of phenols is 1. The van der Waals surface area contributed by atoms with Crippen LogP contribution in [0.2, 0.25) is 0 Å². The lowest BCUT2D eigenvalue weighted by Crippen LogP contribution is -2.59. The first-order valence-corrected chi connectivity index (χ1v) is 22.2. The molecule has 0 aromatic heterocycles. The van der Waals surface area contributed by atoms with E-state index in [1.54, 1.807) is 24.3 Å². The zero-order valence-electron chi connectivity index (χ0n) is 37.4. The molecule has 0 radical (unpaired) electrons. The van der Waals surface area contributed by atoms with E-state index in [1.165, 1.54) is 31.3 Å². The van der Waals surface area contributed by atoms with Gasteiger partial charge in [0.25, 0.3) is 0 Å². The van der Waals surface area contributed by atoms with Crippen LogP contribution in [0.4, 0.5) is 4.39 Å². The standard InChI is InChI=1S/C49H62FN7O8/c1-32(2)27-40(46(62)51-23-26-57-24-6-7-25-57)54-45(61)30-52-48(64)43(28-34-15-20-38(59)21-16-34)56(3)49(65)42(31-58)55-47(63)41(29-36-11-8-10-35-9-4-5-12-39(35)36)53-44(60)22-17-33-13-18-37(50)19-14-33/h4-5,8-16,18-21,32,40-43,58-59H,6-7,17,22-31H2,1-3H3,(H,51,62)(H,52,64)(H,53,60)(H,54,61)(H,55,63). The number of phenolic OH excluding ortho intramolecular Hbond substituents is 1. The zero-order chi connectivity index (χ0) is 46.9. The predicted molar refractivity (Wildman–Crippen MR) is 245 cm³/mol. The second-order valence-corrected chi connectivity index (χ2v) is 17.0. The quantitative estimate of drug-likeness (QED) is 0.0584. The Morgan fingerprint density at radius 3 is 2.08 bits per heavy atom. The van der Waals surface area contributed by atoms with Crippen molar-refractivity contribution in [1.29, 1.82) is 0 Å². The molecule has 4 atom stereocenters. The molecular weight excluding hydrogens is 834 g/mol. The SMILES string of the molecule is CC(C)CC(NC(=O)CNC(=O)C(Cc1ccc(O)cc1)N(C)C(=O)C(CO)NC(=O)C(Cc1cccc2ccccc12)NC(=O)CCc1ccc(F)cc1)C(=O)NCCN1CCCC1. The molecule has 1 fully saturated rings. The number of aliphatic hydroxyl groups excluding tert-OH is 1. The molecule has 348 valence electrons. The van der Waals surface area contributed by atoms with Crippen molar-refractivity contribution in [3.05, 3.63) is 114 Å². The minimum Gasteiger partial charge on any atom is -0.508 e. The summed E-state index contributed by atoms with van der Waals surface area (Å²) in [6.07, 6.45) is 2.83. The van der Waals surface area contributed by atoms with E-state index in [9.17, 15) is 43.4 Å². The lowest BCUT2D eigenvalue weighted by atomic mass is 9.98. The largest absolute Gasteiger partial charge is 0.508 e. The molecule has 0 saturated carbocycles. The lowest BCUT2D eigenvalue weighted by Gasteiger charge is -2.31. The smallest absolute Gasteiger partial charge is 0.247 e. The van der Waals surface area contributed by atoms with E-state index < -0.39 is 72.7 Å². The van der Waals surface area contributed by atoms with Gasteiger partial charge in [-0.2, -0.15) is 0 Å². The van der Waals surface area contributed by atoms with E-state index in [0.717, 1.165) is 52.7 Å². The van der Waals surface area contributed by atoms with Gasteiger partial charge in [-0.1, -0.05) is 80.6 Å². The average molecular weight is 896 g/mol. The topological polar surface area (TPSA) is 210 Å². The molecule has 1 heterocycles. The number of likely N-dealkylation sites (N-methyl/N-ethyl adjacent to an activating group) is 1. The molecule has 15 nitrogen and oxygen atoms in total. The van der Waals surface area contributed by atoms with Crippen molar-refractivity contribution in [2.75, 3.05) is 46.4 Å². The summed E-state index contributed by atoms with van der Waals surface area (Å²) in [5.74, 6) is -4.09. The van der Waals surface area contributed by atoms with Crippen molar-refractivity contribution in [2.45, 2.75) is 83.0 Å². The second-order valence-electron chi connectivity index (χ2n) is 17.0. The van der Waals surface area contributed by atoms with Crippen LogP contribution in [0, 0.1) is 11.7 Å². The number of aliphatic hydroxyl groups is 1. The van der Waals surface area contributed by atoms with Crippen molar-refractivity contribution >= 4 is 46.2 Å². The maximum absolute atomic E-state index is 14.2. The highest BCUT2D eigenvalue weighted by atomic mass is 19.1. The molecule has 65 heavy (non-hydrogen) atoms. The monoisotopic (exact) mass is 895 g/mol. The van der Waals surface area contributed by atoms with E-state index >= 15 is 0 Å². The predicted octanol–water partition coefficient (Wildman–Crippen LogP) is 2.75. The summed E-state index contributed by atoms with van der Waals surface area (Å²) in [4.78, 5) is 85.3. The number of rotatable bonds is 23. The van der Waals surface area contributed by atoms with Gasteiger partial charge in [0.1, 0.15) is 35.7 Å². The van der Waals surface area contributed by atoms with Crippen molar-refractivity contribution in [2.24, 2.45) is 5.92 Å². The van der Waals surface area contributed by atoms with Crippen LogP contribution in [0.25, 0.3) is 10.8 Å². The number of amides is 6. The van der Waals surface area contributed by atoms with Gasteiger partial charge in [-0.15, -0.1) is 0 Å². The lowest BCUT2D eigenvalue weighted by molar-refractivity contribution is -0.143. The van der Waals surface area contributed by atoms with Crippen molar-refractivity contribution in [1.82, 2.24) is 36.4 Å². The highest BCUT2D eigenvalue weighted by Gasteiger charge is 2.34. The molecule has 4 aromatic rings. The van der Waals surface area contributed by atoms with Gasteiger partial charge in [0.15, 0.2) is 0 Å². The van der Waals surface area contributed by atoms with Gasteiger partial charge in [0.05, 0.1) is 13.2 Å². The van der Waals surface area contributed by atoms with Crippen LogP contribution in [-0.4, -0.2) is 126 Å². The van der Waals surface area contributed by atoms with E-state index in [-0.39, 0.29) is 43.3 Å². The van der Waals surface area contributed by atoms with E-state index in [2.05, 4.69) is 31.5 Å². The van der Waals surface area contributed by atoms with Gasteiger partial charge < -0.3 is 46.6 Å². The van der Waals surface area contributed by atoms with Crippen LogP contribution in [-0.2, 0) is 48.0 Å². The Morgan fingerprint density at radius 1 is 0.723 bits per heavy atom. The van der Waals surface area contributed by atoms with Crippen LogP contribution in [0.5, 0.6) is 5.75 Å². The van der Waals surface area contributed by atoms with Gasteiger partial charge in [0, 0.05) is 39.4 Å². The fourth-order valence-corrected chi connectivity index (χ4v) is 7.89. The number of fused-ring (bicyclic) bond motifs is 1. The molecule has 6 amide bonds. The first kappa shape index (κ1) is 49.6. The molecule has 1 aliphatic rings. The summed E-state index contributed by atoms with van der Waals surface area (Å²) >= 11 is 0. The highest BCUT2D eigenvalue weighted by molar-refractivity contribution is 5.96. The zero-order valence-corrected chi connectivity index (χ0v) is 37.4. The van der Waals surface area contributed by atoms with Gasteiger partial charge in [0.2, 0.25) is 35.4 Å². The molecule has 0 aliphatic carbocycles. The van der Waals surface area contributed by atoms with Crippen molar-refractivity contribution in [3.8, 4) is 5.75 Å². The number of likely N-dealkylation sites (tertiary alicyclic amines) is 1. The normalized spacial score (nSPS) is 14.5. The van der Waals surface area contributed by atoms with Crippen molar-refractivity contribution in [3.63, 3.8) is 0 Å². The van der Waals surface area contributed by atoms with E-state index in [4.69, 9.17) is 0 Å². The summed E-state index contributed by atoms with van der Waals surface area (Å²) in [7, 11) is 1.33. The van der Waals surface area contributed by atoms with E-state index in [0.29, 0.717) is 25.1 Å². The fourth-order valence-electron chi connectivity index (χ4n) is 7.89. The third-order valence-electron chi connectivity index (χ3n) is 11.5. The fraction of sp³-hybridized carbons (Fsp3) is 0.429. The number of nitrogens with zero attached hydrogens (tertiary/aromatic N) is 2. The number of aryl methyl sites for hydroxylation is 1. The number of nitrogens with one attached hydrogen (secondary N) is 5. The number of halogens is 1. The molecule has 1 saturated heterocycles. The van der Waals surface area contributed by atoms with Crippen molar-refractivity contribution < 1.29 is 43.4 Å². The maximum atomic E-state index is 14.2. The first-order valence-electron chi connectivity index (χ1n) is 22.2. The van der Waals surface area contributed by atoms with Gasteiger partial charge in [-0.05, 0) is 96.4 Å². The number of carbonyl (C=O) groups excluding carboxylic acids is 6. The van der Waals surface area contributed by atoms with Gasteiger partial charge in [-0.25, -0.2) is 4.39 Å². The summed E-state index contributed by atoms with van der Waals surface area (Å²) in [5, 5.41) is 35.8. The van der Waals surface area contributed by atoms with Crippen LogP contribution in [0.3, 0.4) is 0 Å². The Morgan fingerprint density at radius 2 is 1.38 bits per heavy atom. The highest BCUT2D eigenvalue weighted by Crippen LogP contribution is 2.21. The third-order valence-corrected chi connectivity index (χ3v) is 11.5. The molecule has 4 unspecified atom stereocenters. The Balaban J connectivity index is 1.28. The Kier molecular flexibility index (Phi) is 18.8. The molecule has 16 heteroatoms. The minimum atomic E-state index is -1.56. The van der Waals surface area contributed by atoms with Gasteiger partial charge >= 0.3 is 0 Å². The maximum Gasteiger partial charge on any atom is 0.247 e. The Labute approximate surface area is 379 Å². The third kappa shape index (κ3) is 15.4. The van der Waals surface area contributed by atoms with Crippen LogP contribution >= 0.6 is 0 Å². The van der Waals surface area contributed by atoms with Crippen LogP contribution in [0.15, 0.2) is 91.0 Å². The van der Waals surface area contributed by atoms with Crippen LogP contribution < -0.4 is 26.6 Å². The number of hydrogen-bond donors (Lipinski definition) is 7. The molecule has 4 aromatic carbocycles. The number of hydrogen-bond acceptors (Lipinski definition) is 9. The molecular formula is C49H62FN7O8. The molecule has 0 spiro atoms. The molecule has 7 N–H and O–H groups in total. The summed E-state index contributed by atoms with van der Waals surface area (Å²) < 4.78 is 13.5. The van der Waals surface area contributed by atoms with E-state index in [1.807, 2.05) is 56.3 Å². The molecule has 0 bridgehead atoms.